The third-order valence-corrected chi connectivity index (χ3v) is 5.44. The van der Waals surface area contributed by atoms with Crippen LogP contribution >= 0.6 is 22.7 Å². The van der Waals surface area contributed by atoms with Crippen LogP contribution in [0.4, 0.5) is 9.80 Å². The second-order valence-corrected chi connectivity index (χ2v) is 7.49. The lowest BCUT2D eigenvalue weighted by atomic mass is 10.3. The zero-order valence-electron chi connectivity index (χ0n) is 14.5. The lowest BCUT2D eigenvalue weighted by Crippen LogP contribution is -2.31. The zero-order valence-corrected chi connectivity index (χ0v) is 16.1. The number of rotatable bonds is 6. The Morgan fingerprint density at radius 1 is 1.15 bits per heavy atom. The first kappa shape index (κ1) is 19.0. The highest BCUT2D eigenvalue weighted by atomic mass is 32.1. The quantitative estimate of drug-likeness (QED) is 0.599. The number of hydrogen-bond acceptors (Lipinski definition) is 7. The molecular formula is C18H17N3O4S2. The minimum atomic E-state index is -0.803. The monoisotopic (exact) mass is 403 g/mol. The maximum Gasteiger partial charge on any atom is 0.414 e. The van der Waals surface area contributed by atoms with Crippen LogP contribution in [0, 0.1) is 0 Å². The molecule has 0 unspecified atom stereocenters. The minimum Gasteiger partial charge on any atom is -0.449 e. The number of amides is 3. The molecule has 2 heterocycles. The van der Waals surface area contributed by atoms with E-state index in [1.54, 1.807) is 5.38 Å². The first-order valence-corrected chi connectivity index (χ1v) is 10.0. The van der Waals surface area contributed by atoms with Crippen LogP contribution in [0.3, 0.4) is 0 Å². The Labute approximate surface area is 163 Å². The van der Waals surface area contributed by atoms with Gasteiger partial charge in [-0.1, -0.05) is 25.5 Å². The van der Waals surface area contributed by atoms with E-state index in [4.69, 9.17) is 4.74 Å². The highest BCUT2D eigenvalue weighted by molar-refractivity contribution is 7.20. The summed E-state index contributed by atoms with van der Waals surface area (Å²) in [5.74, 6) is -1.03. The van der Waals surface area contributed by atoms with E-state index in [0.29, 0.717) is 10.0 Å². The number of anilines is 1. The van der Waals surface area contributed by atoms with Crippen LogP contribution in [0.5, 0.6) is 0 Å². The van der Waals surface area contributed by atoms with Gasteiger partial charge in [-0.05, 0) is 30.0 Å². The summed E-state index contributed by atoms with van der Waals surface area (Å²) in [5.41, 5.74) is 0.938. The van der Waals surface area contributed by atoms with Gasteiger partial charge in [0.2, 0.25) is 0 Å². The van der Waals surface area contributed by atoms with E-state index in [2.05, 4.69) is 15.6 Å². The fraction of sp³-hybridized carbons (Fsp3) is 0.222. The van der Waals surface area contributed by atoms with Gasteiger partial charge in [0.25, 0.3) is 11.8 Å². The van der Waals surface area contributed by atoms with Crippen LogP contribution < -0.4 is 10.6 Å². The van der Waals surface area contributed by atoms with Crippen molar-refractivity contribution in [3.05, 3.63) is 46.3 Å². The molecule has 0 spiro atoms. The van der Waals surface area contributed by atoms with Gasteiger partial charge in [-0.2, -0.15) is 0 Å². The normalized spacial score (nSPS) is 10.6. The Bertz CT molecular complexity index is 947. The Morgan fingerprint density at radius 3 is 2.74 bits per heavy atom. The number of imide groups is 1. The molecule has 0 aliphatic carbocycles. The largest absolute Gasteiger partial charge is 0.449 e. The number of carbonyl (C=O) groups excluding carboxylic acids is 3. The van der Waals surface area contributed by atoms with Crippen molar-refractivity contribution in [3.8, 4) is 0 Å². The molecule has 3 amide bonds. The van der Waals surface area contributed by atoms with E-state index in [9.17, 15) is 14.4 Å². The lowest BCUT2D eigenvalue weighted by molar-refractivity contribution is 0.0920. The number of fused-ring (bicyclic) bond motifs is 1. The van der Waals surface area contributed by atoms with Gasteiger partial charge in [-0.15, -0.1) is 22.7 Å². The van der Waals surface area contributed by atoms with Gasteiger partial charge in [-0.25, -0.2) is 9.78 Å². The molecule has 1 aromatic carbocycles. The fourth-order valence-corrected chi connectivity index (χ4v) is 3.86. The first-order valence-electron chi connectivity index (χ1n) is 8.31. The Balaban J connectivity index is 1.66. The number of nitrogens with zero attached hydrogens (tertiary/aromatic N) is 1. The molecule has 0 bridgehead atoms. The van der Waals surface area contributed by atoms with Crippen molar-refractivity contribution in [3.63, 3.8) is 0 Å². The molecule has 0 fully saturated rings. The number of ether oxygens (including phenoxy) is 1. The van der Waals surface area contributed by atoms with E-state index >= 15 is 0 Å². The molecule has 0 aliphatic heterocycles. The molecule has 3 aromatic rings. The summed E-state index contributed by atoms with van der Waals surface area (Å²) in [5, 5.41) is 7.15. The zero-order chi connectivity index (χ0) is 19.2. The van der Waals surface area contributed by atoms with Crippen molar-refractivity contribution in [1.29, 1.82) is 0 Å². The van der Waals surface area contributed by atoms with Gasteiger partial charge in [0.1, 0.15) is 5.00 Å². The van der Waals surface area contributed by atoms with Gasteiger partial charge in [0, 0.05) is 0 Å². The number of alkyl carbamates (subject to hydrolysis) is 1. The van der Waals surface area contributed by atoms with Crippen LogP contribution in [0.2, 0.25) is 0 Å². The molecule has 0 atom stereocenters. The standard InChI is InChI=1S/C18H17N3O4S2/c1-2-3-9-25-18(24)21-14(22)11-8-10-26-16(11)20-15(23)17-19-12-6-4-5-7-13(12)27-17/h4-8,10H,2-3,9H2,1H3,(H,20,23)(H,21,22,24). The summed E-state index contributed by atoms with van der Waals surface area (Å²) in [6, 6.07) is 8.98. The van der Waals surface area contributed by atoms with Crippen LogP contribution in [-0.4, -0.2) is 29.5 Å². The number of nitrogens with one attached hydrogen (secondary N) is 2. The Hall–Kier alpha value is -2.78. The van der Waals surface area contributed by atoms with E-state index in [0.717, 1.165) is 23.1 Å². The van der Waals surface area contributed by atoms with Crippen molar-refractivity contribution in [2.45, 2.75) is 19.8 Å². The molecular weight excluding hydrogens is 386 g/mol. The van der Waals surface area contributed by atoms with Gasteiger partial charge in [-0.3, -0.25) is 14.9 Å². The summed E-state index contributed by atoms with van der Waals surface area (Å²) in [7, 11) is 0. The van der Waals surface area contributed by atoms with Gasteiger partial charge < -0.3 is 10.1 Å². The summed E-state index contributed by atoms with van der Waals surface area (Å²) >= 11 is 2.46. The molecule has 2 aromatic heterocycles. The highest BCUT2D eigenvalue weighted by Crippen LogP contribution is 2.26. The Kier molecular flexibility index (Phi) is 6.15. The summed E-state index contributed by atoms with van der Waals surface area (Å²) in [6.07, 6.45) is 0.806. The number of thiophene rings is 1. The van der Waals surface area contributed by atoms with Crippen molar-refractivity contribution in [2.75, 3.05) is 11.9 Å². The number of hydrogen-bond donors (Lipinski definition) is 2. The maximum atomic E-state index is 12.5. The van der Waals surface area contributed by atoms with Crippen LogP contribution in [0.15, 0.2) is 35.7 Å². The first-order chi connectivity index (χ1) is 13.1. The minimum absolute atomic E-state index is 0.196. The molecule has 0 radical (unpaired) electrons. The highest BCUT2D eigenvalue weighted by Gasteiger charge is 2.20. The van der Waals surface area contributed by atoms with Gasteiger partial charge in [0.05, 0.1) is 22.4 Å². The number of benzene rings is 1. The van der Waals surface area contributed by atoms with Crippen molar-refractivity contribution in [1.82, 2.24) is 10.3 Å². The SMILES string of the molecule is CCCCOC(=O)NC(=O)c1ccsc1NC(=O)c1nc2ccccc2s1. The van der Waals surface area contributed by atoms with E-state index in [-0.39, 0.29) is 12.2 Å². The molecule has 0 saturated carbocycles. The average Bonchev–Trinajstić information content (AvgIpc) is 3.28. The summed E-state index contributed by atoms with van der Waals surface area (Å²) in [6.45, 7) is 2.22. The van der Waals surface area contributed by atoms with E-state index < -0.39 is 17.9 Å². The summed E-state index contributed by atoms with van der Waals surface area (Å²) < 4.78 is 5.82. The average molecular weight is 403 g/mol. The number of para-hydroxylation sites is 1. The second-order valence-electron chi connectivity index (χ2n) is 5.55. The number of aromatic nitrogens is 1. The number of thiazole rings is 1. The van der Waals surface area contributed by atoms with Crippen molar-refractivity contribution < 1.29 is 19.1 Å². The smallest absolute Gasteiger partial charge is 0.414 e. The van der Waals surface area contributed by atoms with Gasteiger partial charge in [0.15, 0.2) is 5.01 Å². The van der Waals surface area contributed by atoms with E-state index in [1.807, 2.05) is 31.2 Å². The van der Waals surface area contributed by atoms with Gasteiger partial charge >= 0.3 is 6.09 Å². The summed E-state index contributed by atoms with van der Waals surface area (Å²) in [4.78, 5) is 40.7. The number of carbonyl (C=O) groups is 3. The molecule has 9 heteroatoms. The molecule has 0 aliphatic rings. The second kappa shape index (κ2) is 8.74. The number of unbranched alkanes of at least 4 members (excludes halogenated alkanes) is 1. The molecule has 27 heavy (non-hydrogen) atoms. The molecule has 2 N–H and O–H groups in total. The fourth-order valence-electron chi connectivity index (χ4n) is 2.22. The molecule has 140 valence electrons. The lowest BCUT2D eigenvalue weighted by Gasteiger charge is -2.07. The third kappa shape index (κ3) is 4.69. The molecule has 3 rings (SSSR count). The molecule has 7 nitrogen and oxygen atoms in total. The van der Waals surface area contributed by atoms with Crippen LogP contribution in [0.1, 0.15) is 39.9 Å². The van der Waals surface area contributed by atoms with Crippen molar-refractivity contribution >= 4 is 55.8 Å². The molecule has 0 saturated heterocycles. The third-order valence-electron chi connectivity index (χ3n) is 3.57. The Morgan fingerprint density at radius 2 is 1.96 bits per heavy atom. The van der Waals surface area contributed by atoms with E-state index in [1.165, 1.54) is 28.7 Å². The van der Waals surface area contributed by atoms with Crippen molar-refractivity contribution in [2.24, 2.45) is 0 Å². The predicted molar refractivity (Wildman–Crippen MR) is 106 cm³/mol. The topological polar surface area (TPSA) is 97.4 Å². The maximum absolute atomic E-state index is 12.5. The predicted octanol–water partition coefficient (Wildman–Crippen LogP) is 4.28. The van der Waals surface area contributed by atoms with Crippen LogP contribution in [-0.2, 0) is 4.74 Å². The van der Waals surface area contributed by atoms with Crippen LogP contribution in [0.25, 0.3) is 10.2 Å².